The smallest absolute Gasteiger partial charge is 0.314 e. The lowest BCUT2D eigenvalue weighted by atomic mass is 10.1. The van der Waals surface area contributed by atoms with Crippen LogP contribution in [-0.2, 0) is 20.9 Å². The number of ether oxygens (including phenoxy) is 1. The van der Waals surface area contributed by atoms with Crippen LogP contribution in [0.5, 0.6) is 0 Å². The molecule has 1 atom stereocenters. The second kappa shape index (κ2) is 9.62. The molecule has 9 nitrogen and oxygen atoms in total. The predicted octanol–water partition coefficient (Wildman–Crippen LogP) is 5.99. The number of carbonyl (C=O) groups is 2. The van der Waals surface area contributed by atoms with E-state index in [1.807, 2.05) is 0 Å². The highest BCUT2D eigenvalue weighted by Crippen LogP contribution is 3.02. The van der Waals surface area contributed by atoms with Crippen molar-refractivity contribution < 1.29 is 33.8 Å². The number of halogens is 5. The Morgan fingerprint density at radius 3 is 2.44 bits per heavy atom. The average molecular weight is 577 g/mol. The fourth-order valence-electron chi connectivity index (χ4n) is 4.36. The molecule has 3 N–H and O–H groups in total. The van der Waals surface area contributed by atoms with E-state index in [0.29, 0.717) is 23.9 Å². The summed E-state index contributed by atoms with van der Waals surface area (Å²) in [4.78, 5) is 29.4. The predicted molar refractivity (Wildman–Crippen MR) is 138 cm³/mol. The number of nitrogens with one attached hydrogen (secondary N) is 1. The molecule has 1 aliphatic heterocycles. The molecule has 3 heterocycles. The molecule has 39 heavy (non-hydrogen) atoms. The van der Waals surface area contributed by atoms with Crippen molar-refractivity contribution in [2.75, 3.05) is 24.2 Å². The normalized spacial score (nSPS) is 18.0. The number of fused-ring (bicyclic) bond motifs is 1. The van der Waals surface area contributed by atoms with Crippen molar-refractivity contribution in [1.82, 2.24) is 19.7 Å². The summed E-state index contributed by atoms with van der Waals surface area (Å²) in [7, 11) is -9.83. The standard InChI is InChI=1S/C24H29F5N6O3S/c1-15(2)13-34(14-16-6-8-17(9-7-16)39(25,26,27,28)29)24(37)23(36)33-19-12-31-22(30)18-11-32-35(21(18)19)20-5-3-4-10-38-20/h6-9,11-12,15,20H,3-5,10,13-14H2,1-2H3,(H2,30,31)(H,33,36). The molecule has 1 aromatic carbocycles. The zero-order valence-corrected chi connectivity index (χ0v) is 22.1. The van der Waals surface area contributed by atoms with Gasteiger partial charge in [-0.3, -0.25) is 9.59 Å². The molecule has 3 aromatic rings. The minimum absolute atomic E-state index is 0.0821. The Hall–Kier alpha value is -3.46. The number of carbonyl (C=O) groups excluding carboxylic acids is 2. The van der Waals surface area contributed by atoms with Crippen LogP contribution in [0.25, 0.3) is 10.9 Å². The van der Waals surface area contributed by atoms with Crippen LogP contribution in [0, 0.1) is 5.92 Å². The first-order valence-corrected chi connectivity index (χ1v) is 14.1. The van der Waals surface area contributed by atoms with Gasteiger partial charge >= 0.3 is 22.0 Å². The number of benzene rings is 1. The number of amides is 2. The molecular weight excluding hydrogens is 547 g/mol. The van der Waals surface area contributed by atoms with Crippen LogP contribution in [0.2, 0.25) is 0 Å². The van der Waals surface area contributed by atoms with Crippen LogP contribution in [0.3, 0.4) is 0 Å². The topological polar surface area (TPSA) is 115 Å². The largest absolute Gasteiger partial charge is 0.383 e. The van der Waals surface area contributed by atoms with Gasteiger partial charge in [0.2, 0.25) is 0 Å². The van der Waals surface area contributed by atoms with Gasteiger partial charge in [-0.1, -0.05) is 45.4 Å². The summed E-state index contributed by atoms with van der Waals surface area (Å²) >= 11 is 0. The maximum absolute atomic E-state index is 13.2. The first-order valence-electron chi connectivity index (χ1n) is 12.2. The lowest BCUT2D eigenvalue weighted by molar-refractivity contribution is -0.143. The molecule has 0 radical (unpaired) electrons. The number of pyridine rings is 1. The van der Waals surface area contributed by atoms with E-state index in [2.05, 4.69) is 15.4 Å². The van der Waals surface area contributed by atoms with Crippen molar-refractivity contribution in [2.45, 2.75) is 50.8 Å². The third kappa shape index (κ3) is 6.58. The Morgan fingerprint density at radius 2 is 1.85 bits per heavy atom. The van der Waals surface area contributed by atoms with E-state index in [1.54, 1.807) is 18.5 Å². The van der Waals surface area contributed by atoms with E-state index in [0.717, 1.165) is 29.9 Å². The third-order valence-electron chi connectivity index (χ3n) is 6.15. The highest BCUT2D eigenvalue weighted by Gasteiger charge is 2.65. The number of anilines is 2. The van der Waals surface area contributed by atoms with E-state index < -0.39 is 33.2 Å². The molecule has 1 saturated heterocycles. The quantitative estimate of drug-likeness (QED) is 0.264. The van der Waals surface area contributed by atoms with Crippen LogP contribution in [0.4, 0.5) is 30.9 Å². The monoisotopic (exact) mass is 576 g/mol. The van der Waals surface area contributed by atoms with Crippen LogP contribution in [0.1, 0.15) is 44.9 Å². The number of rotatable bonds is 7. The van der Waals surface area contributed by atoms with E-state index in [4.69, 9.17) is 10.5 Å². The molecule has 0 bridgehead atoms. The van der Waals surface area contributed by atoms with Gasteiger partial charge < -0.3 is 20.7 Å². The second-order valence-electron chi connectivity index (χ2n) is 9.88. The van der Waals surface area contributed by atoms with Gasteiger partial charge in [0.25, 0.3) is 0 Å². The maximum atomic E-state index is 13.2. The highest BCUT2D eigenvalue weighted by atomic mass is 32.5. The Morgan fingerprint density at radius 1 is 1.15 bits per heavy atom. The van der Waals surface area contributed by atoms with Gasteiger partial charge in [0.1, 0.15) is 16.2 Å². The summed E-state index contributed by atoms with van der Waals surface area (Å²) in [6, 6.07) is 2.28. The van der Waals surface area contributed by atoms with E-state index in [-0.39, 0.29) is 48.2 Å². The molecule has 1 unspecified atom stereocenters. The summed E-state index contributed by atoms with van der Waals surface area (Å²) in [5.74, 6) is -1.93. The van der Waals surface area contributed by atoms with Gasteiger partial charge in [0.15, 0.2) is 6.23 Å². The number of aromatic nitrogens is 3. The summed E-state index contributed by atoms with van der Waals surface area (Å²) < 4.78 is 72.7. The Bertz CT molecular complexity index is 1390. The van der Waals surface area contributed by atoms with E-state index in [9.17, 15) is 29.0 Å². The first-order chi connectivity index (χ1) is 18.0. The van der Waals surface area contributed by atoms with E-state index in [1.165, 1.54) is 12.4 Å². The zero-order chi connectivity index (χ0) is 28.7. The molecule has 2 amide bonds. The third-order valence-corrected chi connectivity index (χ3v) is 7.31. The van der Waals surface area contributed by atoms with Crippen molar-refractivity contribution in [3.8, 4) is 0 Å². The number of hydrogen-bond donors (Lipinski definition) is 2. The fraction of sp³-hybridized carbons (Fsp3) is 0.417. The molecular formula is C24H29F5N6O3S. The van der Waals surface area contributed by atoms with Gasteiger partial charge in [-0.25, -0.2) is 9.67 Å². The lowest BCUT2D eigenvalue weighted by Gasteiger charge is -2.40. The molecule has 2 aromatic heterocycles. The second-order valence-corrected chi connectivity index (χ2v) is 12.3. The fourth-order valence-corrected chi connectivity index (χ4v) is 5.01. The SMILES string of the molecule is CC(C)CN(Cc1ccc(S(F)(F)(F)(F)F)cc1)C(=O)C(=O)Nc1cnc(N)c2cnn(C3CCCCO3)c12. The van der Waals surface area contributed by atoms with Crippen LogP contribution < -0.4 is 11.1 Å². The lowest BCUT2D eigenvalue weighted by Crippen LogP contribution is -2.41. The molecule has 0 saturated carbocycles. The Kier molecular flexibility index (Phi) is 7.04. The number of nitrogens with zero attached hydrogens (tertiary/aromatic N) is 4. The Labute approximate surface area is 221 Å². The average Bonchev–Trinajstić information content (AvgIpc) is 3.30. The summed E-state index contributed by atoms with van der Waals surface area (Å²) in [6.45, 7) is 3.92. The summed E-state index contributed by atoms with van der Waals surface area (Å²) in [5, 5.41) is 7.36. The highest BCUT2D eigenvalue weighted by molar-refractivity contribution is 8.45. The molecule has 214 valence electrons. The Balaban J connectivity index is 1.58. The minimum atomic E-state index is -9.83. The summed E-state index contributed by atoms with van der Waals surface area (Å²) in [6.07, 6.45) is 4.92. The number of nitrogens with two attached hydrogens (primary N) is 1. The number of nitrogen functional groups attached to an aromatic ring is 1. The molecule has 1 fully saturated rings. The van der Waals surface area contributed by atoms with Gasteiger partial charge in [-0.2, -0.15) is 5.10 Å². The number of hydrogen-bond acceptors (Lipinski definition) is 6. The van der Waals surface area contributed by atoms with Crippen molar-refractivity contribution in [3.05, 3.63) is 42.2 Å². The van der Waals surface area contributed by atoms with Gasteiger partial charge in [0, 0.05) is 19.7 Å². The van der Waals surface area contributed by atoms with Gasteiger partial charge in [-0.05, 0) is 42.9 Å². The van der Waals surface area contributed by atoms with E-state index >= 15 is 0 Å². The van der Waals surface area contributed by atoms with Crippen LogP contribution in [0.15, 0.2) is 41.6 Å². The zero-order valence-electron chi connectivity index (χ0n) is 21.3. The van der Waals surface area contributed by atoms with Crippen LogP contribution in [-0.4, -0.2) is 44.6 Å². The first kappa shape index (κ1) is 28.5. The van der Waals surface area contributed by atoms with Gasteiger partial charge in [0.05, 0.1) is 23.5 Å². The van der Waals surface area contributed by atoms with Crippen molar-refractivity contribution in [1.29, 1.82) is 0 Å². The van der Waals surface area contributed by atoms with Crippen molar-refractivity contribution in [3.63, 3.8) is 0 Å². The molecule has 4 rings (SSSR count). The van der Waals surface area contributed by atoms with Gasteiger partial charge in [-0.15, -0.1) is 0 Å². The molecule has 0 aliphatic carbocycles. The van der Waals surface area contributed by atoms with Crippen LogP contribution >= 0.6 is 10.2 Å². The van der Waals surface area contributed by atoms with Crippen molar-refractivity contribution >= 4 is 44.4 Å². The molecule has 0 spiro atoms. The summed E-state index contributed by atoms with van der Waals surface area (Å²) in [5.41, 5.74) is 6.74. The molecule has 1 aliphatic rings. The molecule has 15 heteroatoms. The van der Waals surface area contributed by atoms with Crippen molar-refractivity contribution in [2.24, 2.45) is 5.92 Å². The minimum Gasteiger partial charge on any atom is -0.383 e. The maximum Gasteiger partial charge on any atom is 0.314 e.